The molecule has 5 heteroatoms. The van der Waals surface area contributed by atoms with E-state index in [1.807, 2.05) is 79.7 Å². The molecule has 4 aromatic rings. The van der Waals surface area contributed by atoms with E-state index < -0.39 is 11.8 Å². The first-order chi connectivity index (χ1) is 16.5. The quantitative estimate of drug-likeness (QED) is 0.403. The molecule has 5 rings (SSSR count). The summed E-state index contributed by atoms with van der Waals surface area (Å²) in [4.78, 5) is 40.7. The van der Waals surface area contributed by atoms with Crippen LogP contribution in [0.4, 0.5) is 5.69 Å². The molecule has 4 aromatic carbocycles. The van der Waals surface area contributed by atoms with Crippen molar-refractivity contribution in [3.8, 4) is 11.1 Å². The molecule has 1 unspecified atom stereocenters. The van der Waals surface area contributed by atoms with Crippen molar-refractivity contribution in [3.63, 3.8) is 0 Å². The number of amides is 3. The predicted molar refractivity (Wildman–Crippen MR) is 132 cm³/mol. The van der Waals surface area contributed by atoms with Gasteiger partial charge in [0.05, 0.1) is 22.9 Å². The van der Waals surface area contributed by atoms with E-state index in [-0.39, 0.29) is 17.5 Å². The molecule has 3 amide bonds. The number of benzene rings is 4. The molecule has 0 saturated heterocycles. The predicted octanol–water partition coefficient (Wildman–Crippen LogP) is 5.65. The van der Waals surface area contributed by atoms with Gasteiger partial charge in [-0.1, -0.05) is 78.9 Å². The Balaban J connectivity index is 1.45. The normalized spacial score (nSPS) is 13.5. The standard InChI is InChI=1S/C29H22N2O3/c1-19(20-10-4-2-5-11-20)30-27(32)22-16-17-24-25(18-22)29(34)31(28(24)33)26-15-9-8-14-23(26)21-12-6-3-7-13-21/h2-19H,1H3,(H,30,32). The second-order valence-corrected chi connectivity index (χ2v) is 8.20. The lowest BCUT2D eigenvalue weighted by atomic mass is 10.0. The first kappa shape index (κ1) is 21.3. The Morgan fingerprint density at radius 2 is 1.32 bits per heavy atom. The zero-order valence-corrected chi connectivity index (χ0v) is 18.6. The molecule has 0 aromatic heterocycles. The lowest BCUT2D eigenvalue weighted by molar-refractivity contribution is 0.0922. The van der Waals surface area contributed by atoms with Crippen LogP contribution in [0, 0.1) is 0 Å². The lowest BCUT2D eigenvalue weighted by Gasteiger charge is -2.18. The molecule has 0 saturated carbocycles. The Hall–Kier alpha value is -4.51. The molecule has 0 bridgehead atoms. The van der Waals surface area contributed by atoms with E-state index in [9.17, 15) is 14.4 Å². The highest BCUT2D eigenvalue weighted by Crippen LogP contribution is 2.36. The van der Waals surface area contributed by atoms with Gasteiger partial charge in [0.1, 0.15) is 0 Å². The number of carbonyl (C=O) groups is 3. The van der Waals surface area contributed by atoms with Crippen molar-refractivity contribution in [2.75, 3.05) is 4.90 Å². The fourth-order valence-corrected chi connectivity index (χ4v) is 4.24. The topological polar surface area (TPSA) is 66.5 Å². The molecule has 1 atom stereocenters. The molecule has 5 nitrogen and oxygen atoms in total. The van der Waals surface area contributed by atoms with E-state index in [1.165, 1.54) is 11.0 Å². The highest BCUT2D eigenvalue weighted by Gasteiger charge is 2.38. The number of hydrogen-bond acceptors (Lipinski definition) is 3. The van der Waals surface area contributed by atoms with Crippen LogP contribution in [-0.4, -0.2) is 17.7 Å². The Bertz CT molecular complexity index is 1400. The third-order valence-corrected chi connectivity index (χ3v) is 6.03. The van der Waals surface area contributed by atoms with Gasteiger partial charge in [0.25, 0.3) is 17.7 Å². The van der Waals surface area contributed by atoms with Crippen molar-refractivity contribution in [2.45, 2.75) is 13.0 Å². The van der Waals surface area contributed by atoms with Gasteiger partial charge in [-0.3, -0.25) is 14.4 Å². The summed E-state index contributed by atoms with van der Waals surface area (Å²) in [6.45, 7) is 1.90. The fourth-order valence-electron chi connectivity index (χ4n) is 4.24. The summed E-state index contributed by atoms with van der Waals surface area (Å²) in [5.74, 6) is -1.13. The molecule has 1 N–H and O–H groups in total. The third-order valence-electron chi connectivity index (χ3n) is 6.03. The number of hydrogen-bond donors (Lipinski definition) is 1. The maximum Gasteiger partial charge on any atom is 0.266 e. The molecule has 0 spiro atoms. The number of nitrogens with one attached hydrogen (secondary N) is 1. The maximum absolute atomic E-state index is 13.4. The van der Waals surface area contributed by atoms with Gasteiger partial charge in [-0.25, -0.2) is 4.90 Å². The minimum absolute atomic E-state index is 0.200. The second kappa shape index (κ2) is 8.79. The molecule has 166 valence electrons. The lowest BCUT2D eigenvalue weighted by Crippen LogP contribution is -2.29. The third kappa shape index (κ3) is 3.77. The average molecular weight is 447 g/mol. The van der Waals surface area contributed by atoms with Crippen LogP contribution in [0.2, 0.25) is 0 Å². The summed E-state index contributed by atoms with van der Waals surface area (Å²) >= 11 is 0. The van der Waals surface area contributed by atoms with Crippen LogP contribution < -0.4 is 10.2 Å². The van der Waals surface area contributed by atoms with E-state index in [0.717, 1.165) is 16.7 Å². The van der Waals surface area contributed by atoms with E-state index in [2.05, 4.69) is 5.32 Å². The maximum atomic E-state index is 13.4. The summed E-state index contributed by atoms with van der Waals surface area (Å²) in [6, 6.07) is 31.0. The average Bonchev–Trinajstić information content (AvgIpc) is 3.14. The fraction of sp³-hybridized carbons (Fsp3) is 0.0690. The van der Waals surface area contributed by atoms with Gasteiger partial charge in [-0.05, 0) is 42.3 Å². The number of para-hydroxylation sites is 1. The van der Waals surface area contributed by atoms with Crippen molar-refractivity contribution >= 4 is 23.4 Å². The smallest absolute Gasteiger partial charge is 0.266 e. The number of nitrogens with zero attached hydrogens (tertiary/aromatic N) is 1. The number of carbonyl (C=O) groups excluding carboxylic acids is 3. The van der Waals surface area contributed by atoms with Crippen LogP contribution in [-0.2, 0) is 0 Å². The molecule has 0 fully saturated rings. The number of rotatable bonds is 5. The van der Waals surface area contributed by atoms with Gasteiger partial charge in [0.2, 0.25) is 0 Å². The Labute approximate surface area is 197 Å². The van der Waals surface area contributed by atoms with Crippen LogP contribution in [0.1, 0.15) is 49.6 Å². The summed E-state index contributed by atoms with van der Waals surface area (Å²) in [5.41, 5.74) is 4.04. The van der Waals surface area contributed by atoms with Crippen molar-refractivity contribution in [1.29, 1.82) is 0 Å². The number of fused-ring (bicyclic) bond motifs is 1. The van der Waals surface area contributed by atoms with Gasteiger partial charge in [-0.2, -0.15) is 0 Å². The van der Waals surface area contributed by atoms with Gasteiger partial charge in [0, 0.05) is 11.1 Å². The monoisotopic (exact) mass is 446 g/mol. The van der Waals surface area contributed by atoms with Crippen molar-refractivity contribution < 1.29 is 14.4 Å². The van der Waals surface area contributed by atoms with Crippen molar-refractivity contribution in [2.24, 2.45) is 0 Å². The molecular formula is C29H22N2O3. The highest BCUT2D eigenvalue weighted by atomic mass is 16.2. The van der Waals surface area contributed by atoms with Crippen molar-refractivity contribution in [3.05, 3.63) is 125 Å². The molecule has 1 heterocycles. The Morgan fingerprint density at radius 3 is 2.06 bits per heavy atom. The zero-order valence-electron chi connectivity index (χ0n) is 18.6. The zero-order chi connectivity index (χ0) is 23.7. The molecule has 1 aliphatic rings. The van der Waals surface area contributed by atoms with Crippen molar-refractivity contribution in [1.82, 2.24) is 5.32 Å². The van der Waals surface area contributed by atoms with Crippen LogP contribution in [0.25, 0.3) is 11.1 Å². The summed E-state index contributed by atoms with van der Waals surface area (Å²) in [6.07, 6.45) is 0. The van der Waals surface area contributed by atoms with Crippen LogP contribution in [0.3, 0.4) is 0 Å². The SMILES string of the molecule is CC(NC(=O)c1ccc2c(c1)C(=O)N(c1ccccc1-c1ccccc1)C2=O)c1ccccc1. The van der Waals surface area contributed by atoms with Crippen LogP contribution >= 0.6 is 0 Å². The summed E-state index contributed by atoms with van der Waals surface area (Å²) in [7, 11) is 0. The van der Waals surface area contributed by atoms with Crippen LogP contribution in [0.15, 0.2) is 103 Å². The van der Waals surface area contributed by atoms with E-state index in [0.29, 0.717) is 16.8 Å². The van der Waals surface area contributed by atoms with Gasteiger partial charge >= 0.3 is 0 Å². The van der Waals surface area contributed by atoms with Gasteiger partial charge in [0.15, 0.2) is 0 Å². The van der Waals surface area contributed by atoms with E-state index in [4.69, 9.17) is 0 Å². The summed E-state index contributed by atoms with van der Waals surface area (Å²) < 4.78 is 0. The minimum atomic E-state index is -0.436. The van der Waals surface area contributed by atoms with E-state index in [1.54, 1.807) is 24.3 Å². The minimum Gasteiger partial charge on any atom is -0.346 e. The molecule has 0 radical (unpaired) electrons. The summed E-state index contributed by atoms with van der Waals surface area (Å²) in [5, 5.41) is 2.95. The Kier molecular flexibility index (Phi) is 5.52. The molecule has 0 aliphatic carbocycles. The van der Waals surface area contributed by atoms with Crippen LogP contribution in [0.5, 0.6) is 0 Å². The Morgan fingerprint density at radius 1 is 0.706 bits per heavy atom. The second-order valence-electron chi connectivity index (χ2n) is 8.20. The first-order valence-electron chi connectivity index (χ1n) is 11.1. The molecule has 1 aliphatic heterocycles. The first-order valence-corrected chi connectivity index (χ1v) is 11.1. The van der Waals surface area contributed by atoms with E-state index >= 15 is 0 Å². The largest absolute Gasteiger partial charge is 0.346 e. The van der Waals surface area contributed by atoms with Gasteiger partial charge < -0.3 is 5.32 Å². The molecular weight excluding hydrogens is 424 g/mol. The van der Waals surface area contributed by atoms with Gasteiger partial charge in [-0.15, -0.1) is 0 Å². The molecule has 34 heavy (non-hydrogen) atoms. The number of imide groups is 1. The number of anilines is 1. The highest BCUT2D eigenvalue weighted by molar-refractivity contribution is 6.35.